The van der Waals surface area contributed by atoms with E-state index < -0.39 is 0 Å². The second-order valence-electron chi connectivity index (χ2n) is 3.06. The Morgan fingerprint density at radius 2 is 2.00 bits per heavy atom. The van der Waals surface area contributed by atoms with Crippen molar-refractivity contribution in [2.24, 2.45) is 0 Å². The zero-order valence-corrected chi connectivity index (χ0v) is 9.63. The molecule has 0 unspecified atom stereocenters. The molecule has 0 amide bonds. The van der Waals surface area contributed by atoms with Gasteiger partial charge in [-0.25, -0.2) is 9.97 Å². The monoisotopic (exact) mass is 254 g/mol. The number of anilines is 3. The summed E-state index contributed by atoms with van der Waals surface area (Å²) in [7, 11) is 0. The number of halogens is 2. The van der Waals surface area contributed by atoms with E-state index in [1.165, 1.54) is 6.33 Å². The molecule has 6 heteroatoms. The number of aromatic nitrogens is 2. The Labute approximate surface area is 102 Å². The highest BCUT2D eigenvalue weighted by Crippen LogP contribution is 2.26. The lowest BCUT2D eigenvalue weighted by Gasteiger charge is -2.08. The number of hydrogen-bond donors (Lipinski definition) is 2. The SMILES string of the molecule is Nc1c(Cl)ncnc1Nc1cccc(Cl)c1. The number of nitrogens with two attached hydrogens (primary N) is 1. The van der Waals surface area contributed by atoms with Gasteiger partial charge in [-0.2, -0.15) is 0 Å². The standard InChI is InChI=1S/C10H8Cl2N4/c11-6-2-1-3-7(4-6)16-10-8(13)9(12)14-5-15-10/h1-5H,13H2,(H,14,15,16). The molecule has 2 rings (SSSR count). The average Bonchev–Trinajstić information content (AvgIpc) is 2.25. The Morgan fingerprint density at radius 1 is 1.19 bits per heavy atom. The number of benzene rings is 1. The van der Waals surface area contributed by atoms with E-state index in [0.29, 0.717) is 16.5 Å². The molecule has 0 saturated carbocycles. The van der Waals surface area contributed by atoms with Crippen LogP contribution in [0.2, 0.25) is 10.2 Å². The van der Waals surface area contributed by atoms with Crippen LogP contribution in [-0.4, -0.2) is 9.97 Å². The first kappa shape index (κ1) is 11.0. The summed E-state index contributed by atoms with van der Waals surface area (Å²) in [6, 6.07) is 7.21. The van der Waals surface area contributed by atoms with Crippen LogP contribution in [0.15, 0.2) is 30.6 Å². The smallest absolute Gasteiger partial charge is 0.158 e. The first-order chi connectivity index (χ1) is 7.66. The molecule has 3 N–H and O–H groups in total. The van der Waals surface area contributed by atoms with Crippen LogP contribution in [0.4, 0.5) is 17.2 Å². The summed E-state index contributed by atoms with van der Waals surface area (Å²) in [6.45, 7) is 0. The van der Waals surface area contributed by atoms with Crippen LogP contribution in [0.3, 0.4) is 0 Å². The molecule has 0 radical (unpaired) electrons. The average molecular weight is 255 g/mol. The minimum absolute atomic E-state index is 0.222. The van der Waals surface area contributed by atoms with E-state index in [1.807, 2.05) is 12.1 Å². The predicted molar refractivity (Wildman–Crippen MR) is 66.2 cm³/mol. The quantitative estimate of drug-likeness (QED) is 0.809. The predicted octanol–water partition coefficient (Wildman–Crippen LogP) is 3.11. The summed E-state index contributed by atoms with van der Waals surface area (Å²) in [4.78, 5) is 7.75. The number of nitrogens with zero attached hydrogens (tertiary/aromatic N) is 2. The van der Waals surface area contributed by atoms with Gasteiger partial charge < -0.3 is 11.1 Å². The zero-order chi connectivity index (χ0) is 11.5. The van der Waals surface area contributed by atoms with Crippen LogP contribution in [0.25, 0.3) is 0 Å². The van der Waals surface area contributed by atoms with Gasteiger partial charge >= 0.3 is 0 Å². The highest BCUT2D eigenvalue weighted by atomic mass is 35.5. The Hall–Kier alpha value is -1.52. The Kier molecular flexibility index (Phi) is 3.12. The third kappa shape index (κ3) is 2.35. The third-order valence-electron chi connectivity index (χ3n) is 1.92. The van der Waals surface area contributed by atoms with E-state index >= 15 is 0 Å². The summed E-state index contributed by atoms with van der Waals surface area (Å²) >= 11 is 11.6. The molecule has 2 aromatic rings. The second kappa shape index (κ2) is 4.55. The summed E-state index contributed by atoms with van der Waals surface area (Å²) < 4.78 is 0. The van der Waals surface area contributed by atoms with Crippen molar-refractivity contribution in [2.45, 2.75) is 0 Å². The van der Waals surface area contributed by atoms with Crippen LogP contribution in [0, 0.1) is 0 Å². The van der Waals surface area contributed by atoms with Crippen LogP contribution in [0.5, 0.6) is 0 Å². The lowest BCUT2D eigenvalue weighted by molar-refractivity contribution is 1.17. The number of nitrogen functional groups attached to an aromatic ring is 1. The molecule has 0 fully saturated rings. The van der Waals surface area contributed by atoms with Crippen molar-refractivity contribution in [1.82, 2.24) is 9.97 Å². The third-order valence-corrected chi connectivity index (χ3v) is 2.46. The summed E-state index contributed by atoms with van der Waals surface area (Å²) in [5.74, 6) is 0.460. The van der Waals surface area contributed by atoms with Gasteiger partial charge in [0, 0.05) is 10.7 Å². The zero-order valence-electron chi connectivity index (χ0n) is 8.11. The van der Waals surface area contributed by atoms with Gasteiger partial charge in [0.05, 0.1) is 0 Å². The molecule has 0 spiro atoms. The van der Waals surface area contributed by atoms with Gasteiger partial charge in [0.1, 0.15) is 12.0 Å². The molecule has 1 aromatic carbocycles. The van der Waals surface area contributed by atoms with Crippen molar-refractivity contribution in [3.8, 4) is 0 Å². The molecule has 0 aliphatic rings. The van der Waals surface area contributed by atoms with Crippen molar-refractivity contribution >= 4 is 40.4 Å². The minimum Gasteiger partial charge on any atom is -0.393 e. The van der Waals surface area contributed by atoms with Crippen LogP contribution < -0.4 is 11.1 Å². The van der Waals surface area contributed by atoms with Crippen LogP contribution >= 0.6 is 23.2 Å². The van der Waals surface area contributed by atoms with E-state index in [9.17, 15) is 0 Å². The van der Waals surface area contributed by atoms with Gasteiger partial charge in [0.25, 0.3) is 0 Å². The van der Waals surface area contributed by atoms with Crippen molar-refractivity contribution in [1.29, 1.82) is 0 Å². The van der Waals surface area contributed by atoms with Gasteiger partial charge in [-0.3, -0.25) is 0 Å². The fourth-order valence-electron chi connectivity index (χ4n) is 1.18. The minimum atomic E-state index is 0.222. The first-order valence-electron chi connectivity index (χ1n) is 4.45. The second-order valence-corrected chi connectivity index (χ2v) is 3.86. The molecule has 82 valence electrons. The normalized spacial score (nSPS) is 10.1. The van der Waals surface area contributed by atoms with Crippen molar-refractivity contribution < 1.29 is 0 Å². The summed E-state index contributed by atoms with van der Waals surface area (Å²) in [5.41, 5.74) is 6.81. The molecule has 0 saturated heterocycles. The van der Waals surface area contributed by atoms with E-state index in [2.05, 4.69) is 15.3 Å². The van der Waals surface area contributed by atoms with E-state index in [1.54, 1.807) is 12.1 Å². The number of rotatable bonds is 2. The van der Waals surface area contributed by atoms with Gasteiger partial charge in [-0.15, -0.1) is 0 Å². The van der Waals surface area contributed by atoms with E-state index in [4.69, 9.17) is 28.9 Å². The van der Waals surface area contributed by atoms with Gasteiger partial charge in [-0.1, -0.05) is 29.3 Å². The molecule has 1 aromatic heterocycles. The maximum absolute atomic E-state index is 5.85. The molecule has 0 bridgehead atoms. The largest absolute Gasteiger partial charge is 0.393 e. The van der Waals surface area contributed by atoms with Crippen molar-refractivity contribution in [2.75, 3.05) is 11.1 Å². The Bertz CT molecular complexity index is 516. The van der Waals surface area contributed by atoms with E-state index in [-0.39, 0.29) is 5.15 Å². The Morgan fingerprint density at radius 3 is 2.75 bits per heavy atom. The molecule has 16 heavy (non-hydrogen) atoms. The molecule has 0 aliphatic heterocycles. The Balaban J connectivity index is 2.31. The van der Waals surface area contributed by atoms with Crippen LogP contribution in [0.1, 0.15) is 0 Å². The first-order valence-corrected chi connectivity index (χ1v) is 5.21. The molecule has 4 nitrogen and oxygen atoms in total. The summed E-state index contributed by atoms with van der Waals surface area (Å²) in [6.07, 6.45) is 1.34. The molecular weight excluding hydrogens is 247 g/mol. The van der Waals surface area contributed by atoms with E-state index in [0.717, 1.165) is 5.69 Å². The number of hydrogen-bond acceptors (Lipinski definition) is 4. The molecule has 0 aliphatic carbocycles. The van der Waals surface area contributed by atoms with Crippen molar-refractivity contribution in [3.63, 3.8) is 0 Å². The fraction of sp³-hybridized carbons (Fsp3) is 0. The number of nitrogens with one attached hydrogen (secondary N) is 1. The maximum atomic E-state index is 5.85. The van der Waals surface area contributed by atoms with Gasteiger partial charge in [0.2, 0.25) is 0 Å². The van der Waals surface area contributed by atoms with Crippen LogP contribution in [-0.2, 0) is 0 Å². The fourth-order valence-corrected chi connectivity index (χ4v) is 1.50. The van der Waals surface area contributed by atoms with Crippen molar-refractivity contribution in [3.05, 3.63) is 40.8 Å². The molecular formula is C10H8Cl2N4. The lowest BCUT2D eigenvalue weighted by Crippen LogP contribution is -2.00. The molecule has 1 heterocycles. The maximum Gasteiger partial charge on any atom is 0.158 e. The highest BCUT2D eigenvalue weighted by Gasteiger charge is 2.05. The molecule has 0 atom stereocenters. The highest BCUT2D eigenvalue weighted by molar-refractivity contribution is 6.32. The lowest BCUT2D eigenvalue weighted by atomic mass is 10.3. The topological polar surface area (TPSA) is 63.8 Å². The van der Waals surface area contributed by atoms with Gasteiger partial charge in [-0.05, 0) is 18.2 Å². The van der Waals surface area contributed by atoms with Gasteiger partial charge in [0.15, 0.2) is 11.0 Å². The summed E-state index contributed by atoms with van der Waals surface area (Å²) in [5, 5.41) is 3.86.